The number of hydrogen-bond acceptors (Lipinski definition) is 6. The van der Waals surface area contributed by atoms with Gasteiger partial charge in [0, 0.05) is 23.4 Å². The smallest absolute Gasteiger partial charge is 0.338 e. The van der Waals surface area contributed by atoms with Crippen LogP contribution in [0.3, 0.4) is 0 Å². The lowest BCUT2D eigenvalue weighted by Crippen LogP contribution is -2.23. The van der Waals surface area contributed by atoms with Crippen LogP contribution in [0.5, 0.6) is 0 Å². The molecule has 8 heteroatoms. The zero-order chi connectivity index (χ0) is 21.0. The normalized spacial score (nSPS) is 10.6. The third kappa shape index (κ3) is 4.86. The van der Waals surface area contributed by atoms with Gasteiger partial charge in [-0.3, -0.25) is 10.1 Å². The van der Waals surface area contributed by atoms with Gasteiger partial charge in [0.25, 0.3) is 5.69 Å². The molecule has 0 spiro atoms. The first kappa shape index (κ1) is 19.8. The van der Waals surface area contributed by atoms with Crippen LogP contribution in [0.1, 0.15) is 24.2 Å². The molecule has 3 rings (SSSR count). The minimum atomic E-state index is -0.619. The van der Waals surface area contributed by atoms with Crippen LogP contribution >= 0.6 is 0 Å². The quantitative estimate of drug-likeness (QED) is 0.221. The number of esters is 1. The molecular weight excluding hydrogens is 374 g/mol. The Balaban J connectivity index is 1.91. The molecule has 0 fully saturated rings. The average Bonchev–Trinajstić information content (AvgIpc) is 2.68. The molecule has 0 aliphatic carbocycles. The third-order valence-corrected chi connectivity index (χ3v) is 4.02. The maximum absolute atomic E-state index is 12.0. The largest absolute Gasteiger partial charge is 0.619 e. The van der Waals surface area contributed by atoms with Crippen LogP contribution in [0.15, 0.2) is 67.0 Å². The molecule has 0 aliphatic rings. The summed E-state index contributed by atoms with van der Waals surface area (Å²) < 4.78 is 5.80. The van der Waals surface area contributed by atoms with Crippen molar-refractivity contribution in [2.45, 2.75) is 20.0 Å². The number of nitro groups is 1. The molecular formula is C21H19N3O5. The molecule has 0 unspecified atom stereocenters. The number of carbonyl (C=O) groups is 1. The number of anilines is 2. The Bertz CT molecular complexity index is 1070. The second-order valence-corrected chi connectivity index (χ2v) is 6.60. The summed E-state index contributed by atoms with van der Waals surface area (Å²) in [6.07, 6.45) is 2.50. The zero-order valence-electron chi connectivity index (χ0n) is 15.9. The summed E-state index contributed by atoms with van der Waals surface area (Å²) in [6.45, 7) is 3.41. The minimum absolute atomic E-state index is 0.106. The molecule has 0 radical (unpaired) electrons. The van der Waals surface area contributed by atoms with E-state index in [1.54, 1.807) is 44.2 Å². The van der Waals surface area contributed by atoms with Crippen LogP contribution in [0, 0.1) is 15.3 Å². The molecule has 8 nitrogen and oxygen atoms in total. The lowest BCUT2D eigenvalue weighted by Gasteiger charge is -2.11. The number of nitrogens with one attached hydrogen (secondary N) is 1. The van der Waals surface area contributed by atoms with E-state index in [0.717, 1.165) is 5.56 Å². The summed E-state index contributed by atoms with van der Waals surface area (Å²) in [6, 6.07) is 14.7. The Kier molecular flexibility index (Phi) is 5.73. The highest BCUT2D eigenvalue weighted by Gasteiger charge is 2.19. The monoisotopic (exact) mass is 393 g/mol. The predicted octanol–water partition coefficient (Wildman–Crippen LogP) is 4.20. The number of pyridine rings is 1. The van der Waals surface area contributed by atoms with E-state index in [2.05, 4.69) is 5.32 Å². The molecule has 2 aromatic carbocycles. The number of nitrogens with zero attached hydrogens (tertiary/aromatic N) is 2. The van der Waals surface area contributed by atoms with Gasteiger partial charge in [-0.2, -0.15) is 4.73 Å². The van der Waals surface area contributed by atoms with Crippen LogP contribution in [-0.4, -0.2) is 17.0 Å². The van der Waals surface area contributed by atoms with Crippen LogP contribution in [0.4, 0.5) is 17.1 Å². The van der Waals surface area contributed by atoms with Gasteiger partial charge in [-0.15, -0.1) is 0 Å². The number of carbonyl (C=O) groups excluding carboxylic acids is 1. The van der Waals surface area contributed by atoms with Crippen LogP contribution < -0.4 is 10.0 Å². The van der Waals surface area contributed by atoms with Crippen molar-refractivity contribution < 1.29 is 19.2 Å². The van der Waals surface area contributed by atoms with Crippen molar-refractivity contribution in [2.24, 2.45) is 0 Å². The fourth-order valence-corrected chi connectivity index (χ4v) is 2.75. The summed E-state index contributed by atoms with van der Waals surface area (Å²) in [7, 11) is 0. The third-order valence-electron chi connectivity index (χ3n) is 4.02. The average molecular weight is 393 g/mol. The van der Waals surface area contributed by atoms with E-state index >= 15 is 0 Å². The summed E-state index contributed by atoms with van der Waals surface area (Å²) in [5, 5.41) is 26.0. The van der Waals surface area contributed by atoms with Gasteiger partial charge in [-0.1, -0.05) is 12.1 Å². The van der Waals surface area contributed by atoms with Gasteiger partial charge in [0.1, 0.15) is 5.69 Å². The Morgan fingerprint density at radius 2 is 1.86 bits per heavy atom. The molecule has 0 aliphatic heterocycles. The second-order valence-electron chi connectivity index (χ2n) is 6.60. The van der Waals surface area contributed by atoms with Gasteiger partial charge in [-0.05, 0) is 49.7 Å². The van der Waals surface area contributed by atoms with E-state index in [-0.39, 0.29) is 23.0 Å². The highest BCUT2D eigenvalue weighted by molar-refractivity contribution is 5.92. The van der Waals surface area contributed by atoms with Gasteiger partial charge in [0.15, 0.2) is 12.4 Å². The second kappa shape index (κ2) is 8.39. The van der Waals surface area contributed by atoms with E-state index in [1.165, 1.54) is 30.6 Å². The predicted molar refractivity (Wildman–Crippen MR) is 108 cm³/mol. The Morgan fingerprint density at radius 1 is 1.10 bits per heavy atom. The summed E-state index contributed by atoms with van der Waals surface area (Å²) in [5.74, 6) is -0.619. The lowest BCUT2D eigenvalue weighted by molar-refractivity contribution is -0.604. The summed E-state index contributed by atoms with van der Waals surface area (Å²) in [5.41, 5.74) is 2.19. The Labute approximate surface area is 167 Å². The first-order chi connectivity index (χ1) is 13.8. The topological polar surface area (TPSA) is 108 Å². The van der Waals surface area contributed by atoms with E-state index in [9.17, 15) is 20.1 Å². The molecule has 0 saturated heterocycles. The fraction of sp³-hybridized carbons (Fsp3) is 0.143. The summed E-state index contributed by atoms with van der Waals surface area (Å²) >= 11 is 0. The lowest BCUT2D eigenvalue weighted by atomic mass is 10.1. The number of rotatable bonds is 6. The molecule has 0 amide bonds. The van der Waals surface area contributed by atoms with Crippen molar-refractivity contribution in [3.63, 3.8) is 0 Å². The van der Waals surface area contributed by atoms with Gasteiger partial charge >= 0.3 is 5.97 Å². The molecule has 1 aromatic heterocycles. The van der Waals surface area contributed by atoms with Crippen molar-refractivity contribution in [3.8, 4) is 11.1 Å². The van der Waals surface area contributed by atoms with E-state index in [1.807, 2.05) is 6.07 Å². The molecule has 0 atom stereocenters. The number of aromatic nitrogens is 1. The van der Waals surface area contributed by atoms with Crippen LogP contribution in [-0.2, 0) is 4.74 Å². The molecule has 29 heavy (non-hydrogen) atoms. The standard InChI is InChI=1S/C21H19N3O5/c1-14(2)29-21(25)16-8-9-19(20(12-16)24(27)28)22-18-7-3-5-15(11-18)17-6-4-10-23(26)13-17/h3-14,22H,1-2H3. The Morgan fingerprint density at radius 3 is 2.55 bits per heavy atom. The van der Waals surface area contributed by atoms with Gasteiger partial charge < -0.3 is 15.3 Å². The van der Waals surface area contributed by atoms with Crippen molar-refractivity contribution in [3.05, 3.63) is 87.9 Å². The van der Waals surface area contributed by atoms with Crippen molar-refractivity contribution >= 4 is 23.0 Å². The molecule has 148 valence electrons. The van der Waals surface area contributed by atoms with Gasteiger partial charge in [0.2, 0.25) is 0 Å². The minimum Gasteiger partial charge on any atom is -0.619 e. The maximum atomic E-state index is 12.0. The number of ether oxygens (including phenoxy) is 1. The number of nitro benzene ring substituents is 1. The van der Waals surface area contributed by atoms with Crippen molar-refractivity contribution in [2.75, 3.05) is 5.32 Å². The number of benzene rings is 2. The highest BCUT2D eigenvalue weighted by atomic mass is 16.6. The van der Waals surface area contributed by atoms with Gasteiger partial charge in [-0.25, -0.2) is 4.79 Å². The van der Waals surface area contributed by atoms with Crippen molar-refractivity contribution in [1.29, 1.82) is 0 Å². The van der Waals surface area contributed by atoms with E-state index < -0.39 is 10.9 Å². The highest BCUT2D eigenvalue weighted by Crippen LogP contribution is 2.30. The SMILES string of the molecule is CC(C)OC(=O)c1ccc(Nc2cccc(-c3ccc[n+]([O-])c3)c2)c([N+](=O)[O-])c1. The molecule has 3 aromatic rings. The molecule has 1 N–H and O–H groups in total. The zero-order valence-corrected chi connectivity index (χ0v) is 15.9. The molecule has 0 saturated carbocycles. The van der Waals surface area contributed by atoms with Crippen LogP contribution in [0.25, 0.3) is 11.1 Å². The number of hydrogen-bond donors (Lipinski definition) is 1. The fourth-order valence-electron chi connectivity index (χ4n) is 2.75. The first-order valence-corrected chi connectivity index (χ1v) is 8.89. The van der Waals surface area contributed by atoms with Crippen LogP contribution in [0.2, 0.25) is 0 Å². The van der Waals surface area contributed by atoms with Crippen molar-refractivity contribution in [1.82, 2.24) is 0 Å². The van der Waals surface area contributed by atoms with E-state index in [0.29, 0.717) is 16.0 Å². The molecule has 1 heterocycles. The Hall–Kier alpha value is -3.94. The van der Waals surface area contributed by atoms with Gasteiger partial charge in [0.05, 0.1) is 16.6 Å². The molecule has 0 bridgehead atoms. The first-order valence-electron chi connectivity index (χ1n) is 8.89. The van der Waals surface area contributed by atoms with E-state index in [4.69, 9.17) is 4.74 Å². The summed E-state index contributed by atoms with van der Waals surface area (Å²) in [4.78, 5) is 23.0. The maximum Gasteiger partial charge on any atom is 0.338 e.